The standard InChI is InChI=1S/C7H15NO2/c1-3-5-10-6-4-8-7(2)9/h3-6H2,1-2H3,(H,8,9). The molecule has 0 bridgehead atoms. The van der Waals surface area contributed by atoms with Crippen molar-refractivity contribution in [3.63, 3.8) is 0 Å². The molecule has 10 heavy (non-hydrogen) atoms. The van der Waals surface area contributed by atoms with Crippen molar-refractivity contribution < 1.29 is 9.53 Å². The Balaban J connectivity index is 2.84. The third kappa shape index (κ3) is 7.43. The Morgan fingerprint density at radius 3 is 2.70 bits per heavy atom. The van der Waals surface area contributed by atoms with Crippen LogP contribution in [0.1, 0.15) is 20.3 Å². The normalized spacial score (nSPS) is 9.40. The molecule has 0 heterocycles. The molecule has 0 saturated carbocycles. The van der Waals surface area contributed by atoms with Gasteiger partial charge in [0.15, 0.2) is 0 Å². The lowest BCUT2D eigenvalue weighted by molar-refractivity contribution is -0.119. The van der Waals surface area contributed by atoms with Crippen LogP contribution >= 0.6 is 0 Å². The average Bonchev–Trinajstić information content (AvgIpc) is 1.87. The fraction of sp³-hybridized carbons (Fsp3) is 0.857. The Kier molecular flexibility index (Phi) is 6.18. The number of carbonyl (C=O) groups is 1. The number of ether oxygens (including phenoxy) is 1. The van der Waals surface area contributed by atoms with E-state index in [2.05, 4.69) is 12.2 Å². The van der Waals surface area contributed by atoms with Crippen molar-refractivity contribution in [1.82, 2.24) is 5.32 Å². The first-order valence-corrected chi connectivity index (χ1v) is 3.59. The van der Waals surface area contributed by atoms with Gasteiger partial charge in [-0.15, -0.1) is 0 Å². The van der Waals surface area contributed by atoms with E-state index in [1.807, 2.05) is 0 Å². The minimum atomic E-state index is 0.0000912. The molecule has 0 aromatic rings. The Bertz CT molecular complexity index is 93.6. The van der Waals surface area contributed by atoms with Crippen molar-refractivity contribution in [3.8, 4) is 0 Å². The number of rotatable bonds is 5. The smallest absolute Gasteiger partial charge is 0.216 e. The molecule has 0 atom stereocenters. The minimum absolute atomic E-state index is 0.0000912. The largest absolute Gasteiger partial charge is 0.380 e. The number of hydrogen-bond donors (Lipinski definition) is 1. The second kappa shape index (κ2) is 6.55. The third-order valence-corrected chi connectivity index (χ3v) is 0.969. The predicted octanol–water partition coefficient (Wildman–Crippen LogP) is 0.549. The summed E-state index contributed by atoms with van der Waals surface area (Å²) in [6, 6.07) is 0. The summed E-state index contributed by atoms with van der Waals surface area (Å²) in [7, 11) is 0. The molecule has 0 unspecified atom stereocenters. The zero-order valence-electron chi connectivity index (χ0n) is 6.64. The van der Waals surface area contributed by atoms with E-state index in [9.17, 15) is 4.79 Å². The van der Waals surface area contributed by atoms with Gasteiger partial charge in [0.05, 0.1) is 6.61 Å². The Morgan fingerprint density at radius 2 is 2.20 bits per heavy atom. The van der Waals surface area contributed by atoms with E-state index in [4.69, 9.17) is 4.74 Å². The molecule has 0 radical (unpaired) electrons. The third-order valence-electron chi connectivity index (χ3n) is 0.969. The summed E-state index contributed by atoms with van der Waals surface area (Å²) in [5.74, 6) is 0.0000912. The average molecular weight is 145 g/mol. The van der Waals surface area contributed by atoms with E-state index < -0.39 is 0 Å². The summed E-state index contributed by atoms with van der Waals surface area (Å²) in [4.78, 5) is 10.3. The van der Waals surface area contributed by atoms with Crippen LogP contribution in [0.3, 0.4) is 0 Å². The second-order valence-electron chi connectivity index (χ2n) is 2.10. The van der Waals surface area contributed by atoms with Gasteiger partial charge in [-0.1, -0.05) is 6.92 Å². The van der Waals surface area contributed by atoms with Crippen molar-refractivity contribution in [2.24, 2.45) is 0 Å². The van der Waals surface area contributed by atoms with Gasteiger partial charge in [-0.25, -0.2) is 0 Å². The Morgan fingerprint density at radius 1 is 1.50 bits per heavy atom. The monoisotopic (exact) mass is 145 g/mol. The first-order valence-electron chi connectivity index (χ1n) is 3.59. The predicted molar refractivity (Wildman–Crippen MR) is 39.8 cm³/mol. The van der Waals surface area contributed by atoms with Crippen LogP contribution in [-0.4, -0.2) is 25.7 Å². The lowest BCUT2D eigenvalue weighted by Crippen LogP contribution is -2.24. The lowest BCUT2D eigenvalue weighted by Gasteiger charge is -2.01. The highest BCUT2D eigenvalue weighted by Gasteiger charge is 1.88. The fourth-order valence-corrected chi connectivity index (χ4v) is 0.546. The number of hydrogen-bond acceptors (Lipinski definition) is 2. The van der Waals surface area contributed by atoms with Crippen LogP contribution in [0, 0.1) is 0 Å². The molecule has 0 aromatic carbocycles. The van der Waals surface area contributed by atoms with Crippen molar-refractivity contribution >= 4 is 5.91 Å². The summed E-state index contributed by atoms with van der Waals surface area (Å²) in [5.41, 5.74) is 0. The van der Waals surface area contributed by atoms with Crippen LogP contribution in [0.4, 0.5) is 0 Å². The van der Waals surface area contributed by atoms with E-state index >= 15 is 0 Å². The molecule has 3 heteroatoms. The van der Waals surface area contributed by atoms with Crippen LogP contribution in [0.15, 0.2) is 0 Å². The van der Waals surface area contributed by atoms with Gasteiger partial charge in [-0.3, -0.25) is 4.79 Å². The van der Waals surface area contributed by atoms with Gasteiger partial charge in [0, 0.05) is 20.1 Å². The van der Waals surface area contributed by atoms with E-state index in [1.165, 1.54) is 6.92 Å². The van der Waals surface area contributed by atoms with Gasteiger partial charge in [-0.05, 0) is 6.42 Å². The van der Waals surface area contributed by atoms with E-state index in [0.717, 1.165) is 13.0 Å². The highest BCUT2D eigenvalue weighted by atomic mass is 16.5. The molecule has 0 fully saturated rings. The highest BCUT2D eigenvalue weighted by Crippen LogP contribution is 1.77. The molecule has 0 aliphatic heterocycles. The van der Waals surface area contributed by atoms with Crippen LogP contribution in [-0.2, 0) is 9.53 Å². The number of amides is 1. The Labute approximate surface area is 61.8 Å². The minimum Gasteiger partial charge on any atom is -0.380 e. The summed E-state index contributed by atoms with van der Waals surface area (Å²) in [6.07, 6.45) is 1.03. The van der Waals surface area contributed by atoms with E-state index in [1.54, 1.807) is 0 Å². The molecule has 3 nitrogen and oxygen atoms in total. The molecular formula is C7H15NO2. The first-order chi connectivity index (χ1) is 4.77. The molecule has 0 aromatic heterocycles. The van der Waals surface area contributed by atoms with Gasteiger partial charge in [-0.2, -0.15) is 0 Å². The molecule has 0 spiro atoms. The summed E-state index contributed by atoms with van der Waals surface area (Å²) >= 11 is 0. The maximum absolute atomic E-state index is 10.3. The number of nitrogens with one attached hydrogen (secondary N) is 1. The van der Waals surface area contributed by atoms with Crippen LogP contribution < -0.4 is 5.32 Å². The summed E-state index contributed by atoms with van der Waals surface area (Å²) < 4.78 is 5.12. The first kappa shape index (κ1) is 9.43. The van der Waals surface area contributed by atoms with Gasteiger partial charge in [0.2, 0.25) is 5.91 Å². The second-order valence-corrected chi connectivity index (χ2v) is 2.10. The number of carbonyl (C=O) groups excluding carboxylic acids is 1. The van der Waals surface area contributed by atoms with Crippen LogP contribution in [0.2, 0.25) is 0 Å². The Hall–Kier alpha value is -0.570. The van der Waals surface area contributed by atoms with Crippen molar-refractivity contribution in [2.45, 2.75) is 20.3 Å². The zero-order chi connectivity index (χ0) is 7.82. The van der Waals surface area contributed by atoms with Crippen molar-refractivity contribution in [2.75, 3.05) is 19.8 Å². The lowest BCUT2D eigenvalue weighted by atomic mass is 10.5. The van der Waals surface area contributed by atoms with Gasteiger partial charge >= 0.3 is 0 Å². The van der Waals surface area contributed by atoms with E-state index in [-0.39, 0.29) is 5.91 Å². The topological polar surface area (TPSA) is 38.3 Å². The maximum Gasteiger partial charge on any atom is 0.216 e. The molecule has 1 amide bonds. The molecular weight excluding hydrogens is 130 g/mol. The van der Waals surface area contributed by atoms with Crippen molar-refractivity contribution in [1.29, 1.82) is 0 Å². The van der Waals surface area contributed by atoms with Crippen LogP contribution in [0.5, 0.6) is 0 Å². The van der Waals surface area contributed by atoms with Crippen molar-refractivity contribution in [3.05, 3.63) is 0 Å². The summed E-state index contributed by atoms with van der Waals surface area (Å²) in [6.45, 7) is 5.57. The quantitative estimate of drug-likeness (QED) is 0.574. The maximum atomic E-state index is 10.3. The van der Waals surface area contributed by atoms with Gasteiger partial charge in [0.25, 0.3) is 0 Å². The van der Waals surface area contributed by atoms with Gasteiger partial charge in [0.1, 0.15) is 0 Å². The molecule has 60 valence electrons. The van der Waals surface area contributed by atoms with Gasteiger partial charge < -0.3 is 10.1 Å². The molecule has 1 N–H and O–H groups in total. The molecule has 0 aliphatic rings. The fourth-order valence-electron chi connectivity index (χ4n) is 0.546. The summed E-state index contributed by atoms with van der Waals surface area (Å²) in [5, 5.41) is 2.64. The van der Waals surface area contributed by atoms with E-state index in [0.29, 0.717) is 13.2 Å². The highest BCUT2D eigenvalue weighted by molar-refractivity contribution is 5.72. The zero-order valence-corrected chi connectivity index (χ0v) is 6.64. The molecule has 0 aliphatic carbocycles. The molecule has 0 rings (SSSR count). The van der Waals surface area contributed by atoms with Crippen LogP contribution in [0.25, 0.3) is 0 Å². The SMILES string of the molecule is CCCOCCNC(C)=O. The molecule has 0 saturated heterocycles.